The third kappa shape index (κ3) is 6.28. The summed E-state index contributed by atoms with van der Waals surface area (Å²) in [6, 6.07) is 9.95. The van der Waals surface area contributed by atoms with Gasteiger partial charge in [0, 0.05) is 25.0 Å². The summed E-state index contributed by atoms with van der Waals surface area (Å²) in [5.74, 6) is 0.528. The van der Waals surface area contributed by atoms with Crippen LogP contribution in [0, 0.1) is 5.92 Å². The standard InChI is InChI=1S/C16H28O4Si/c1-5-18-21(19-6-2,16-10-8-7-9-11-16)20-13-12-17-14-15(3)4/h7-11,15H,5-6,12-14H2,1-4H3. The molecule has 21 heavy (non-hydrogen) atoms. The zero-order valence-electron chi connectivity index (χ0n) is 13.6. The van der Waals surface area contributed by atoms with E-state index < -0.39 is 8.80 Å². The Morgan fingerprint density at radius 1 is 0.905 bits per heavy atom. The minimum Gasteiger partial charge on any atom is -0.379 e. The zero-order chi connectivity index (χ0) is 15.6. The molecule has 0 radical (unpaired) electrons. The maximum absolute atomic E-state index is 6.05. The molecule has 0 saturated heterocycles. The molecule has 0 N–H and O–H groups in total. The summed E-state index contributed by atoms with van der Waals surface area (Å²) in [4.78, 5) is 0. The number of hydrogen-bond acceptors (Lipinski definition) is 4. The predicted octanol–water partition coefficient (Wildman–Crippen LogP) is 2.59. The first-order chi connectivity index (χ1) is 10.1. The van der Waals surface area contributed by atoms with E-state index in [1.165, 1.54) is 0 Å². The lowest BCUT2D eigenvalue weighted by Gasteiger charge is -2.29. The van der Waals surface area contributed by atoms with Crippen LogP contribution in [0.1, 0.15) is 27.7 Å². The number of benzene rings is 1. The molecular formula is C16H28O4Si. The van der Waals surface area contributed by atoms with Gasteiger partial charge in [-0.05, 0) is 19.8 Å². The second-order valence-electron chi connectivity index (χ2n) is 5.11. The first kappa shape index (κ1) is 18.3. The third-order valence-corrected chi connectivity index (χ3v) is 5.73. The summed E-state index contributed by atoms with van der Waals surface area (Å²) >= 11 is 0. The van der Waals surface area contributed by atoms with E-state index in [1.807, 2.05) is 44.2 Å². The van der Waals surface area contributed by atoms with Crippen LogP contribution in [0.25, 0.3) is 0 Å². The van der Waals surface area contributed by atoms with Gasteiger partial charge in [0.25, 0.3) is 0 Å². The van der Waals surface area contributed by atoms with Crippen molar-refractivity contribution in [2.45, 2.75) is 27.7 Å². The van der Waals surface area contributed by atoms with E-state index in [4.69, 9.17) is 18.0 Å². The normalized spacial score (nSPS) is 12.0. The monoisotopic (exact) mass is 312 g/mol. The molecular weight excluding hydrogens is 284 g/mol. The topological polar surface area (TPSA) is 36.9 Å². The highest BCUT2D eigenvalue weighted by atomic mass is 28.4. The van der Waals surface area contributed by atoms with Crippen LogP contribution in [0.3, 0.4) is 0 Å². The molecule has 0 aliphatic heterocycles. The molecule has 0 unspecified atom stereocenters. The van der Waals surface area contributed by atoms with Crippen molar-refractivity contribution in [1.29, 1.82) is 0 Å². The first-order valence-electron chi connectivity index (χ1n) is 7.69. The summed E-state index contributed by atoms with van der Waals surface area (Å²) < 4.78 is 23.5. The van der Waals surface area contributed by atoms with Crippen LogP contribution in [0.5, 0.6) is 0 Å². The average molecular weight is 312 g/mol. The molecule has 120 valence electrons. The molecule has 0 aromatic heterocycles. The third-order valence-electron chi connectivity index (χ3n) is 2.77. The van der Waals surface area contributed by atoms with Crippen molar-refractivity contribution >= 4 is 14.0 Å². The van der Waals surface area contributed by atoms with Gasteiger partial charge in [0.1, 0.15) is 0 Å². The van der Waals surface area contributed by atoms with E-state index in [1.54, 1.807) is 0 Å². The highest BCUT2D eigenvalue weighted by molar-refractivity contribution is 6.75. The molecule has 4 nitrogen and oxygen atoms in total. The Balaban J connectivity index is 2.67. The van der Waals surface area contributed by atoms with E-state index in [2.05, 4.69) is 13.8 Å². The highest BCUT2D eigenvalue weighted by Crippen LogP contribution is 2.11. The molecule has 0 saturated carbocycles. The average Bonchev–Trinajstić information content (AvgIpc) is 2.48. The van der Waals surface area contributed by atoms with Crippen molar-refractivity contribution in [2.24, 2.45) is 5.92 Å². The lowest BCUT2D eigenvalue weighted by molar-refractivity contribution is 0.0363. The molecule has 1 aromatic carbocycles. The van der Waals surface area contributed by atoms with Crippen LogP contribution in [0.4, 0.5) is 0 Å². The van der Waals surface area contributed by atoms with Crippen LogP contribution in [0.2, 0.25) is 0 Å². The van der Waals surface area contributed by atoms with E-state index in [0.717, 1.165) is 11.8 Å². The SMILES string of the molecule is CCO[Si](OCC)(OCCOCC(C)C)c1ccccc1. The lowest BCUT2D eigenvalue weighted by Crippen LogP contribution is -2.57. The van der Waals surface area contributed by atoms with Crippen LogP contribution in [0.15, 0.2) is 30.3 Å². The Hall–Kier alpha value is -0.723. The summed E-state index contributed by atoms with van der Waals surface area (Å²) in [5.41, 5.74) is 0. The zero-order valence-corrected chi connectivity index (χ0v) is 14.6. The van der Waals surface area contributed by atoms with Crippen molar-refractivity contribution in [2.75, 3.05) is 33.0 Å². The fourth-order valence-corrected chi connectivity index (χ4v) is 4.41. The predicted molar refractivity (Wildman–Crippen MR) is 86.7 cm³/mol. The van der Waals surface area contributed by atoms with Crippen molar-refractivity contribution in [3.63, 3.8) is 0 Å². The summed E-state index contributed by atoms with van der Waals surface area (Å²) in [7, 11) is -2.83. The fraction of sp³-hybridized carbons (Fsp3) is 0.625. The smallest absolute Gasteiger partial charge is 0.379 e. The van der Waals surface area contributed by atoms with Crippen LogP contribution in [-0.4, -0.2) is 41.8 Å². The van der Waals surface area contributed by atoms with Gasteiger partial charge in [-0.1, -0.05) is 44.2 Å². The highest BCUT2D eigenvalue weighted by Gasteiger charge is 2.43. The van der Waals surface area contributed by atoms with E-state index in [0.29, 0.717) is 32.3 Å². The summed E-state index contributed by atoms with van der Waals surface area (Å²) in [5, 5.41) is 0.998. The number of ether oxygens (including phenoxy) is 1. The van der Waals surface area contributed by atoms with Crippen LogP contribution < -0.4 is 5.19 Å². The van der Waals surface area contributed by atoms with Crippen molar-refractivity contribution in [3.8, 4) is 0 Å². The minimum atomic E-state index is -2.83. The largest absolute Gasteiger partial charge is 0.537 e. The van der Waals surface area contributed by atoms with Crippen molar-refractivity contribution in [3.05, 3.63) is 30.3 Å². The Morgan fingerprint density at radius 3 is 2.05 bits per heavy atom. The van der Waals surface area contributed by atoms with Gasteiger partial charge in [-0.3, -0.25) is 0 Å². The lowest BCUT2D eigenvalue weighted by atomic mass is 10.2. The van der Waals surface area contributed by atoms with Gasteiger partial charge in [-0.15, -0.1) is 0 Å². The van der Waals surface area contributed by atoms with Gasteiger partial charge in [0.15, 0.2) is 0 Å². The van der Waals surface area contributed by atoms with Crippen molar-refractivity contribution in [1.82, 2.24) is 0 Å². The van der Waals surface area contributed by atoms with E-state index >= 15 is 0 Å². The molecule has 0 aliphatic carbocycles. The summed E-state index contributed by atoms with van der Waals surface area (Å²) in [6.07, 6.45) is 0. The second-order valence-corrected chi connectivity index (χ2v) is 7.66. The Morgan fingerprint density at radius 2 is 1.52 bits per heavy atom. The minimum absolute atomic E-state index is 0.480. The molecule has 0 fully saturated rings. The quantitative estimate of drug-likeness (QED) is 0.465. The van der Waals surface area contributed by atoms with E-state index in [9.17, 15) is 0 Å². The molecule has 5 heteroatoms. The van der Waals surface area contributed by atoms with Crippen LogP contribution in [-0.2, 0) is 18.0 Å². The van der Waals surface area contributed by atoms with Gasteiger partial charge in [-0.25, -0.2) is 0 Å². The number of rotatable bonds is 11. The molecule has 0 heterocycles. The fourth-order valence-electron chi connectivity index (χ4n) is 1.95. The first-order valence-corrected chi connectivity index (χ1v) is 9.42. The van der Waals surface area contributed by atoms with Gasteiger partial charge in [0.2, 0.25) is 0 Å². The van der Waals surface area contributed by atoms with Gasteiger partial charge < -0.3 is 18.0 Å². The Bertz CT molecular complexity index is 364. The van der Waals surface area contributed by atoms with Gasteiger partial charge in [0.05, 0.1) is 13.2 Å². The molecule has 0 spiro atoms. The Labute approximate surface area is 129 Å². The second kappa shape index (κ2) is 10.1. The molecule has 0 aliphatic rings. The van der Waals surface area contributed by atoms with Gasteiger partial charge in [-0.2, -0.15) is 0 Å². The molecule has 0 amide bonds. The maximum atomic E-state index is 6.05. The van der Waals surface area contributed by atoms with E-state index in [-0.39, 0.29) is 0 Å². The summed E-state index contributed by atoms with van der Waals surface area (Å²) in [6.45, 7) is 11.1. The molecule has 1 rings (SSSR count). The van der Waals surface area contributed by atoms with Crippen molar-refractivity contribution < 1.29 is 18.0 Å². The molecule has 1 aromatic rings. The molecule has 0 atom stereocenters. The van der Waals surface area contributed by atoms with Crippen LogP contribution >= 0.6 is 0 Å². The molecule has 0 bridgehead atoms. The Kier molecular flexibility index (Phi) is 8.80. The maximum Gasteiger partial charge on any atom is 0.537 e. The number of hydrogen-bond donors (Lipinski definition) is 0. The van der Waals surface area contributed by atoms with Gasteiger partial charge >= 0.3 is 8.80 Å².